The maximum atomic E-state index is 13.1. The van der Waals surface area contributed by atoms with Gasteiger partial charge in [-0.05, 0) is 30.2 Å². The molecule has 3 aromatic rings. The van der Waals surface area contributed by atoms with Crippen LogP contribution in [0.25, 0.3) is 0 Å². The van der Waals surface area contributed by atoms with E-state index in [1.54, 1.807) is 14.0 Å². The molecule has 0 bridgehead atoms. The summed E-state index contributed by atoms with van der Waals surface area (Å²) >= 11 is 1.09. The Morgan fingerprint density at radius 1 is 1.14 bits per heavy atom. The summed E-state index contributed by atoms with van der Waals surface area (Å²) < 4.78 is 45.4. The van der Waals surface area contributed by atoms with Crippen molar-refractivity contribution in [1.82, 2.24) is 14.9 Å². The van der Waals surface area contributed by atoms with E-state index in [9.17, 15) is 22.8 Å². The summed E-state index contributed by atoms with van der Waals surface area (Å²) in [6.45, 7) is 1.74. The average Bonchev–Trinajstić information content (AvgIpc) is 2.83. The van der Waals surface area contributed by atoms with Crippen LogP contribution in [0.15, 0.2) is 64.5 Å². The molecule has 1 amide bonds. The number of nitrogens with zero attached hydrogens (tertiary/aromatic N) is 2. The first-order valence-corrected chi connectivity index (χ1v) is 11.7. The van der Waals surface area contributed by atoms with Crippen molar-refractivity contribution < 1.29 is 22.7 Å². The molecule has 1 unspecified atom stereocenters. The zero-order valence-electron chi connectivity index (χ0n) is 19.6. The van der Waals surface area contributed by atoms with Crippen LogP contribution in [0.5, 0.6) is 0 Å². The average molecular weight is 506 g/mol. The fourth-order valence-corrected chi connectivity index (χ4v) is 4.32. The zero-order chi connectivity index (χ0) is 25.6. The van der Waals surface area contributed by atoms with Gasteiger partial charge in [0.1, 0.15) is 0 Å². The monoisotopic (exact) mass is 505 g/mol. The highest BCUT2D eigenvalue weighted by molar-refractivity contribution is 8.00. The first-order chi connectivity index (χ1) is 16.6. The van der Waals surface area contributed by atoms with Crippen molar-refractivity contribution in [2.75, 3.05) is 7.11 Å². The molecule has 0 spiro atoms. The Balaban J connectivity index is 1.74. The first kappa shape index (κ1) is 26.5. The Bertz CT molecular complexity index is 1230. The number of benzene rings is 2. The maximum absolute atomic E-state index is 13.1. The van der Waals surface area contributed by atoms with Gasteiger partial charge in [0.05, 0.1) is 23.1 Å². The summed E-state index contributed by atoms with van der Waals surface area (Å²) in [5.41, 5.74) is 1.32. The SMILES string of the molecule is COCc1nc(SC(C)C(=O)NCc2cccc(C(F)(F)F)c2)n(C)c(=O)c1Cc1ccccc1. The van der Waals surface area contributed by atoms with E-state index in [1.165, 1.54) is 23.8 Å². The lowest BCUT2D eigenvalue weighted by Gasteiger charge is -2.17. The van der Waals surface area contributed by atoms with E-state index in [0.717, 1.165) is 29.5 Å². The van der Waals surface area contributed by atoms with Crippen molar-refractivity contribution in [1.29, 1.82) is 0 Å². The Morgan fingerprint density at radius 3 is 2.49 bits per heavy atom. The van der Waals surface area contributed by atoms with Gasteiger partial charge in [-0.3, -0.25) is 14.2 Å². The van der Waals surface area contributed by atoms with Crippen molar-refractivity contribution in [3.8, 4) is 0 Å². The largest absolute Gasteiger partial charge is 0.416 e. The van der Waals surface area contributed by atoms with Gasteiger partial charge in [-0.2, -0.15) is 13.2 Å². The molecule has 0 aliphatic rings. The predicted octanol–water partition coefficient (Wildman–Crippen LogP) is 4.33. The molecule has 1 atom stereocenters. The summed E-state index contributed by atoms with van der Waals surface area (Å²) in [5.74, 6) is -0.386. The number of carbonyl (C=O) groups is 1. The highest BCUT2D eigenvalue weighted by Gasteiger charge is 2.30. The van der Waals surface area contributed by atoms with Crippen LogP contribution < -0.4 is 10.9 Å². The zero-order valence-corrected chi connectivity index (χ0v) is 20.4. The van der Waals surface area contributed by atoms with Crippen LogP contribution in [0.3, 0.4) is 0 Å². The molecule has 6 nitrogen and oxygen atoms in total. The lowest BCUT2D eigenvalue weighted by molar-refractivity contribution is -0.137. The van der Waals surface area contributed by atoms with Gasteiger partial charge in [0, 0.05) is 32.7 Å². The second kappa shape index (κ2) is 11.5. The smallest absolute Gasteiger partial charge is 0.378 e. The molecule has 186 valence electrons. The number of halogens is 3. The van der Waals surface area contributed by atoms with Crippen LogP contribution in [0, 0.1) is 0 Å². The molecular formula is C25H26F3N3O3S. The molecule has 2 aromatic carbocycles. The molecular weight excluding hydrogens is 479 g/mol. The fraction of sp³-hybridized carbons (Fsp3) is 0.320. The van der Waals surface area contributed by atoms with Crippen molar-refractivity contribution in [3.05, 3.63) is 92.9 Å². The summed E-state index contributed by atoms with van der Waals surface area (Å²) in [6, 6.07) is 14.3. The Labute approximate surface area is 205 Å². The number of ether oxygens (including phenoxy) is 1. The molecule has 1 N–H and O–H groups in total. The summed E-state index contributed by atoms with van der Waals surface area (Å²) in [6.07, 6.45) is -4.05. The van der Waals surface area contributed by atoms with Crippen molar-refractivity contribution >= 4 is 17.7 Å². The number of hydrogen-bond acceptors (Lipinski definition) is 5. The maximum Gasteiger partial charge on any atom is 0.416 e. The third-order valence-corrected chi connectivity index (χ3v) is 6.45. The number of carbonyl (C=O) groups excluding carboxylic acids is 1. The summed E-state index contributed by atoms with van der Waals surface area (Å²) in [5, 5.41) is 2.35. The van der Waals surface area contributed by atoms with Crippen LogP contribution in [-0.4, -0.2) is 27.8 Å². The minimum atomic E-state index is -4.45. The fourth-order valence-electron chi connectivity index (χ4n) is 3.41. The molecule has 1 aromatic heterocycles. The van der Waals surface area contributed by atoms with E-state index in [4.69, 9.17) is 4.74 Å². The number of aromatic nitrogens is 2. The van der Waals surface area contributed by atoms with Gasteiger partial charge in [0.2, 0.25) is 5.91 Å². The number of methoxy groups -OCH3 is 1. The summed E-state index contributed by atoms with van der Waals surface area (Å²) in [7, 11) is 3.11. The Morgan fingerprint density at radius 2 is 1.83 bits per heavy atom. The third kappa shape index (κ3) is 6.95. The Hall–Kier alpha value is -3.11. The van der Waals surface area contributed by atoms with Crippen LogP contribution in [0.1, 0.15) is 34.9 Å². The van der Waals surface area contributed by atoms with Crippen molar-refractivity contribution in [2.45, 2.75) is 43.1 Å². The Kier molecular flexibility index (Phi) is 8.74. The highest BCUT2D eigenvalue weighted by Crippen LogP contribution is 2.29. The number of hydrogen-bond donors (Lipinski definition) is 1. The van der Waals surface area contributed by atoms with Crippen LogP contribution in [0.2, 0.25) is 0 Å². The van der Waals surface area contributed by atoms with Gasteiger partial charge in [0.25, 0.3) is 5.56 Å². The topological polar surface area (TPSA) is 73.2 Å². The molecule has 1 heterocycles. The van der Waals surface area contributed by atoms with Gasteiger partial charge >= 0.3 is 6.18 Å². The van der Waals surface area contributed by atoms with Crippen molar-refractivity contribution in [2.24, 2.45) is 7.05 Å². The predicted molar refractivity (Wildman–Crippen MR) is 128 cm³/mol. The van der Waals surface area contributed by atoms with E-state index in [1.807, 2.05) is 30.3 Å². The number of amides is 1. The molecule has 0 radical (unpaired) electrons. The number of alkyl halides is 3. The quantitative estimate of drug-likeness (QED) is 0.346. The summed E-state index contributed by atoms with van der Waals surface area (Å²) in [4.78, 5) is 30.3. The molecule has 0 saturated heterocycles. The van der Waals surface area contributed by atoms with Crippen LogP contribution >= 0.6 is 11.8 Å². The van der Waals surface area contributed by atoms with E-state index >= 15 is 0 Å². The highest BCUT2D eigenvalue weighted by atomic mass is 32.2. The molecule has 0 aliphatic heterocycles. The second-order valence-corrected chi connectivity index (χ2v) is 9.26. The van der Waals surface area contributed by atoms with Gasteiger partial charge in [-0.1, -0.05) is 54.2 Å². The van der Waals surface area contributed by atoms with Crippen LogP contribution in [-0.2, 0) is 42.3 Å². The minimum absolute atomic E-state index is 0.0506. The van der Waals surface area contributed by atoms with E-state index < -0.39 is 17.0 Å². The second-order valence-electron chi connectivity index (χ2n) is 7.96. The van der Waals surface area contributed by atoms with Crippen LogP contribution in [0.4, 0.5) is 13.2 Å². The normalized spacial score (nSPS) is 12.4. The van der Waals surface area contributed by atoms with Gasteiger partial charge in [0.15, 0.2) is 5.16 Å². The standard InChI is InChI=1S/C25H26F3N3O3S/c1-16(22(32)29-14-18-10-7-11-19(12-18)25(26,27)28)35-24-30-21(15-34-3)20(23(33)31(24)2)13-17-8-5-4-6-9-17/h4-12,16H,13-15H2,1-3H3,(H,29,32). The molecule has 3 rings (SSSR count). The van der Waals surface area contributed by atoms with E-state index in [-0.39, 0.29) is 24.6 Å². The van der Waals surface area contributed by atoms with Gasteiger partial charge in [-0.15, -0.1) is 0 Å². The van der Waals surface area contributed by atoms with Gasteiger partial charge < -0.3 is 10.1 Å². The van der Waals surface area contributed by atoms with Gasteiger partial charge in [-0.25, -0.2) is 4.98 Å². The number of rotatable bonds is 9. The van der Waals surface area contributed by atoms with E-state index in [0.29, 0.717) is 28.4 Å². The molecule has 10 heteroatoms. The first-order valence-electron chi connectivity index (χ1n) is 10.8. The molecule has 35 heavy (non-hydrogen) atoms. The third-order valence-electron chi connectivity index (χ3n) is 5.31. The lowest BCUT2D eigenvalue weighted by atomic mass is 10.0. The van der Waals surface area contributed by atoms with E-state index in [2.05, 4.69) is 10.3 Å². The molecule has 0 aliphatic carbocycles. The lowest BCUT2D eigenvalue weighted by Crippen LogP contribution is -2.32. The molecule has 0 fully saturated rings. The number of nitrogens with one attached hydrogen (secondary N) is 1. The van der Waals surface area contributed by atoms with Crippen molar-refractivity contribution in [3.63, 3.8) is 0 Å². The molecule has 0 saturated carbocycles. The minimum Gasteiger partial charge on any atom is -0.378 e. The number of thioether (sulfide) groups is 1.